The second-order valence-corrected chi connectivity index (χ2v) is 7.58. The molecule has 0 bridgehead atoms. The van der Waals surface area contributed by atoms with E-state index in [1.165, 1.54) is 4.31 Å². The third-order valence-corrected chi connectivity index (χ3v) is 5.49. The van der Waals surface area contributed by atoms with E-state index in [4.69, 9.17) is 4.74 Å². The molecule has 0 radical (unpaired) electrons. The van der Waals surface area contributed by atoms with E-state index in [0.29, 0.717) is 12.0 Å². The van der Waals surface area contributed by atoms with Crippen molar-refractivity contribution in [3.63, 3.8) is 0 Å². The van der Waals surface area contributed by atoms with Crippen molar-refractivity contribution in [2.24, 2.45) is 0 Å². The Bertz CT molecular complexity index is 761. The first-order valence-electron chi connectivity index (χ1n) is 8.22. The van der Waals surface area contributed by atoms with Crippen LogP contribution in [0.5, 0.6) is 0 Å². The molecule has 0 spiro atoms. The number of hydrogen-bond donors (Lipinski definition) is 0. The molecular weight excluding hydrogens is 338 g/mol. The van der Waals surface area contributed by atoms with Gasteiger partial charge in [0.05, 0.1) is 12.4 Å². The zero-order chi connectivity index (χ0) is 18.1. The van der Waals surface area contributed by atoms with Crippen molar-refractivity contribution in [3.05, 3.63) is 71.8 Å². The Morgan fingerprint density at radius 3 is 2.08 bits per heavy atom. The lowest BCUT2D eigenvalue weighted by molar-refractivity contribution is -0.143. The van der Waals surface area contributed by atoms with Gasteiger partial charge in [0.15, 0.2) is 0 Å². The first-order valence-corrected chi connectivity index (χ1v) is 9.83. The maximum Gasteiger partial charge on any atom is 0.321 e. The molecule has 0 aliphatic rings. The van der Waals surface area contributed by atoms with Crippen LogP contribution in [-0.2, 0) is 31.7 Å². The number of carbonyl (C=O) groups is 1. The van der Waals surface area contributed by atoms with Crippen LogP contribution in [0.3, 0.4) is 0 Å². The molecule has 2 aromatic carbocycles. The van der Waals surface area contributed by atoms with Gasteiger partial charge in [-0.05, 0) is 24.5 Å². The maximum absolute atomic E-state index is 12.8. The Morgan fingerprint density at radius 2 is 1.52 bits per heavy atom. The third kappa shape index (κ3) is 6.32. The quantitative estimate of drug-likeness (QED) is 0.644. The monoisotopic (exact) mass is 361 g/mol. The standard InChI is InChI=1S/C19H23NO4S/c1-2-24-19(21)15-20(14-13-17-9-5-3-6-10-17)25(22,23)16-18-11-7-4-8-12-18/h3-12H,2,13-16H2,1H3. The number of esters is 1. The van der Waals surface area contributed by atoms with E-state index >= 15 is 0 Å². The van der Waals surface area contributed by atoms with Crippen LogP contribution in [0.2, 0.25) is 0 Å². The molecule has 0 heterocycles. The van der Waals surface area contributed by atoms with Crippen molar-refractivity contribution in [3.8, 4) is 0 Å². The lowest BCUT2D eigenvalue weighted by atomic mass is 10.1. The van der Waals surface area contributed by atoms with Crippen molar-refractivity contribution >= 4 is 16.0 Å². The van der Waals surface area contributed by atoms with Crippen LogP contribution in [0.15, 0.2) is 60.7 Å². The molecule has 0 unspecified atom stereocenters. The second kappa shape index (κ2) is 9.34. The molecule has 2 rings (SSSR count). The largest absolute Gasteiger partial charge is 0.465 e. The molecule has 0 N–H and O–H groups in total. The molecule has 2 aromatic rings. The van der Waals surface area contributed by atoms with E-state index in [0.717, 1.165) is 5.56 Å². The van der Waals surface area contributed by atoms with Crippen LogP contribution in [0.4, 0.5) is 0 Å². The first kappa shape index (κ1) is 19.1. The van der Waals surface area contributed by atoms with Crippen LogP contribution >= 0.6 is 0 Å². The van der Waals surface area contributed by atoms with Crippen molar-refractivity contribution in [2.45, 2.75) is 19.1 Å². The summed E-state index contributed by atoms with van der Waals surface area (Å²) in [7, 11) is -3.63. The fourth-order valence-corrected chi connectivity index (χ4v) is 3.91. The van der Waals surface area contributed by atoms with Gasteiger partial charge < -0.3 is 4.74 Å². The summed E-state index contributed by atoms with van der Waals surface area (Å²) in [5.41, 5.74) is 1.71. The highest BCUT2D eigenvalue weighted by Gasteiger charge is 2.25. The highest BCUT2D eigenvalue weighted by molar-refractivity contribution is 7.88. The predicted molar refractivity (Wildman–Crippen MR) is 97.4 cm³/mol. The second-order valence-electron chi connectivity index (χ2n) is 5.62. The maximum atomic E-state index is 12.8. The third-order valence-electron chi connectivity index (χ3n) is 3.69. The van der Waals surface area contributed by atoms with Gasteiger partial charge in [-0.15, -0.1) is 0 Å². The summed E-state index contributed by atoms with van der Waals surface area (Å²) in [6.45, 7) is 1.89. The van der Waals surface area contributed by atoms with E-state index < -0.39 is 16.0 Å². The summed E-state index contributed by atoms with van der Waals surface area (Å²) in [6, 6.07) is 18.5. The van der Waals surface area contributed by atoms with Crippen LogP contribution in [0.1, 0.15) is 18.1 Å². The zero-order valence-electron chi connectivity index (χ0n) is 14.3. The molecule has 0 aliphatic carbocycles. The van der Waals surface area contributed by atoms with Gasteiger partial charge in [-0.3, -0.25) is 4.79 Å². The number of hydrogen-bond acceptors (Lipinski definition) is 4. The van der Waals surface area contributed by atoms with Gasteiger partial charge in [0.2, 0.25) is 10.0 Å². The Kier molecular flexibility index (Phi) is 7.16. The summed E-state index contributed by atoms with van der Waals surface area (Å²) < 4.78 is 31.7. The molecule has 6 heteroatoms. The molecule has 0 atom stereocenters. The number of rotatable bonds is 9. The topological polar surface area (TPSA) is 63.7 Å². The lowest BCUT2D eigenvalue weighted by Gasteiger charge is -2.21. The fraction of sp³-hybridized carbons (Fsp3) is 0.316. The van der Waals surface area contributed by atoms with Crippen molar-refractivity contribution < 1.29 is 17.9 Å². The summed E-state index contributed by atoms with van der Waals surface area (Å²) in [4.78, 5) is 11.8. The summed E-state index contributed by atoms with van der Waals surface area (Å²) in [6.07, 6.45) is 0.536. The van der Waals surface area contributed by atoms with Crippen molar-refractivity contribution in [1.29, 1.82) is 0 Å². The molecule has 0 fully saturated rings. The molecule has 0 aromatic heterocycles. The average Bonchev–Trinajstić information content (AvgIpc) is 2.60. The Morgan fingerprint density at radius 1 is 0.960 bits per heavy atom. The van der Waals surface area contributed by atoms with E-state index in [2.05, 4.69) is 0 Å². The predicted octanol–water partition coefficient (Wildman–Crippen LogP) is 2.62. The van der Waals surface area contributed by atoms with Gasteiger partial charge in [-0.25, -0.2) is 8.42 Å². The Labute approximate surface area is 149 Å². The molecular formula is C19H23NO4S. The smallest absolute Gasteiger partial charge is 0.321 e. The molecule has 0 amide bonds. The van der Waals surface area contributed by atoms with Gasteiger partial charge in [-0.1, -0.05) is 60.7 Å². The number of sulfonamides is 1. The summed E-state index contributed by atoms with van der Waals surface area (Å²) >= 11 is 0. The fourth-order valence-electron chi connectivity index (χ4n) is 2.44. The van der Waals surface area contributed by atoms with Crippen LogP contribution in [0.25, 0.3) is 0 Å². The molecule has 5 nitrogen and oxygen atoms in total. The van der Waals surface area contributed by atoms with Crippen molar-refractivity contribution in [2.75, 3.05) is 19.7 Å². The molecule has 134 valence electrons. The van der Waals surface area contributed by atoms with Crippen LogP contribution in [-0.4, -0.2) is 38.4 Å². The highest BCUT2D eigenvalue weighted by atomic mass is 32.2. The SMILES string of the molecule is CCOC(=O)CN(CCc1ccccc1)S(=O)(=O)Cc1ccccc1. The van der Waals surface area contributed by atoms with E-state index in [-0.39, 0.29) is 25.4 Å². The van der Waals surface area contributed by atoms with Crippen molar-refractivity contribution in [1.82, 2.24) is 4.31 Å². The molecule has 25 heavy (non-hydrogen) atoms. The van der Waals surface area contributed by atoms with Gasteiger partial charge in [0, 0.05) is 6.54 Å². The molecule has 0 saturated heterocycles. The number of ether oxygens (including phenoxy) is 1. The van der Waals surface area contributed by atoms with Gasteiger partial charge >= 0.3 is 5.97 Å². The summed E-state index contributed by atoms with van der Waals surface area (Å²) in [5.74, 6) is -0.672. The molecule has 0 saturated carbocycles. The van der Waals surface area contributed by atoms with Gasteiger partial charge in [-0.2, -0.15) is 4.31 Å². The van der Waals surface area contributed by atoms with Gasteiger partial charge in [0.1, 0.15) is 6.54 Å². The summed E-state index contributed by atoms with van der Waals surface area (Å²) in [5, 5.41) is 0. The number of nitrogens with zero attached hydrogens (tertiary/aromatic N) is 1. The zero-order valence-corrected chi connectivity index (χ0v) is 15.1. The highest BCUT2D eigenvalue weighted by Crippen LogP contribution is 2.12. The van der Waals surface area contributed by atoms with Crippen LogP contribution in [0, 0.1) is 0 Å². The van der Waals surface area contributed by atoms with E-state index in [1.54, 1.807) is 31.2 Å². The van der Waals surface area contributed by atoms with E-state index in [9.17, 15) is 13.2 Å². The Balaban J connectivity index is 2.12. The van der Waals surface area contributed by atoms with Crippen LogP contribution < -0.4 is 0 Å². The number of carbonyl (C=O) groups excluding carboxylic acids is 1. The van der Waals surface area contributed by atoms with Gasteiger partial charge in [0.25, 0.3) is 0 Å². The lowest BCUT2D eigenvalue weighted by Crippen LogP contribution is -2.38. The minimum absolute atomic E-state index is 0.137. The Hall–Kier alpha value is -2.18. The first-order chi connectivity index (χ1) is 12.0. The normalized spacial score (nSPS) is 11.4. The minimum atomic E-state index is -3.63. The molecule has 0 aliphatic heterocycles. The van der Waals surface area contributed by atoms with E-state index in [1.807, 2.05) is 36.4 Å². The average molecular weight is 361 g/mol. The minimum Gasteiger partial charge on any atom is -0.465 e. The number of benzene rings is 2.